The van der Waals surface area contributed by atoms with Crippen molar-refractivity contribution in [3.05, 3.63) is 35.9 Å². The number of rotatable bonds is 4. The number of hydrogen-bond donors (Lipinski definition) is 1. The Balaban J connectivity index is 1.91. The minimum atomic E-state index is -0.417. The molecule has 0 saturated carbocycles. The summed E-state index contributed by atoms with van der Waals surface area (Å²) < 4.78 is 5.27. The molecule has 0 spiro atoms. The van der Waals surface area contributed by atoms with Crippen molar-refractivity contribution in [3.8, 4) is 0 Å². The number of likely N-dealkylation sites (tertiary alicyclic amines) is 1. The van der Waals surface area contributed by atoms with Crippen LogP contribution in [0.25, 0.3) is 0 Å². The van der Waals surface area contributed by atoms with E-state index in [-0.39, 0.29) is 25.0 Å². The van der Waals surface area contributed by atoms with Gasteiger partial charge in [0.25, 0.3) is 0 Å². The molecule has 0 aliphatic carbocycles. The van der Waals surface area contributed by atoms with Crippen molar-refractivity contribution in [1.29, 1.82) is 0 Å². The maximum absolute atomic E-state index is 12.1. The molecule has 0 radical (unpaired) electrons. The Labute approximate surface area is 118 Å². The van der Waals surface area contributed by atoms with Crippen LogP contribution in [0.5, 0.6) is 0 Å². The normalized spacial score (nSPS) is 18.9. The Morgan fingerprint density at radius 3 is 2.80 bits per heavy atom. The van der Waals surface area contributed by atoms with Gasteiger partial charge in [0.15, 0.2) is 0 Å². The Kier molecular flexibility index (Phi) is 5.12. The van der Waals surface area contributed by atoms with E-state index in [0.717, 1.165) is 5.56 Å². The molecule has 1 aliphatic heterocycles. The number of carbonyl (C=O) groups excluding carboxylic acids is 2. The van der Waals surface area contributed by atoms with Crippen LogP contribution in [-0.4, -0.2) is 41.1 Å². The minimum absolute atomic E-state index is 0.0413. The fourth-order valence-corrected chi connectivity index (χ4v) is 2.35. The zero-order valence-electron chi connectivity index (χ0n) is 11.3. The van der Waals surface area contributed by atoms with E-state index in [4.69, 9.17) is 9.84 Å². The average Bonchev–Trinajstić information content (AvgIpc) is 2.46. The van der Waals surface area contributed by atoms with Crippen LogP contribution in [0.4, 0.5) is 4.79 Å². The zero-order valence-corrected chi connectivity index (χ0v) is 11.3. The molecule has 1 saturated heterocycles. The summed E-state index contributed by atoms with van der Waals surface area (Å²) in [4.78, 5) is 25.1. The van der Waals surface area contributed by atoms with Crippen LogP contribution >= 0.6 is 0 Å². The quantitative estimate of drug-likeness (QED) is 0.910. The van der Waals surface area contributed by atoms with E-state index in [1.165, 1.54) is 0 Å². The third-order valence-corrected chi connectivity index (χ3v) is 3.44. The lowest BCUT2D eigenvalue weighted by Gasteiger charge is -2.33. The summed E-state index contributed by atoms with van der Waals surface area (Å²) >= 11 is 0. The Morgan fingerprint density at radius 2 is 2.10 bits per heavy atom. The molecule has 1 N–H and O–H groups in total. The summed E-state index contributed by atoms with van der Waals surface area (Å²) in [7, 11) is 0. The number of nitrogens with zero attached hydrogens (tertiary/aromatic N) is 1. The number of benzene rings is 1. The van der Waals surface area contributed by atoms with Gasteiger partial charge < -0.3 is 14.7 Å². The number of Topliss-reactive ketones (excluding diaryl/α,β-unsaturated/α-hetero) is 1. The lowest BCUT2D eigenvalue weighted by atomic mass is 9.99. The first kappa shape index (κ1) is 14.5. The van der Waals surface area contributed by atoms with Crippen LogP contribution in [0.2, 0.25) is 0 Å². The monoisotopic (exact) mass is 277 g/mol. The second-order valence-electron chi connectivity index (χ2n) is 4.89. The van der Waals surface area contributed by atoms with Gasteiger partial charge in [-0.15, -0.1) is 0 Å². The van der Waals surface area contributed by atoms with Crippen molar-refractivity contribution >= 4 is 11.9 Å². The molecule has 1 fully saturated rings. The smallest absolute Gasteiger partial charge is 0.410 e. The first-order chi connectivity index (χ1) is 9.70. The first-order valence-corrected chi connectivity index (χ1v) is 6.80. The SMILES string of the molecule is O=C1CCN(C(=O)OCc2ccccc2)C(CCO)C1. The molecule has 108 valence electrons. The van der Waals surface area contributed by atoms with E-state index in [0.29, 0.717) is 25.8 Å². The van der Waals surface area contributed by atoms with Gasteiger partial charge in [-0.3, -0.25) is 4.79 Å². The summed E-state index contributed by atoms with van der Waals surface area (Å²) in [5, 5.41) is 9.02. The maximum atomic E-state index is 12.1. The van der Waals surface area contributed by atoms with Gasteiger partial charge in [-0.1, -0.05) is 30.3 Å². The van der Waals surface area contributed by atoms with E-state index in [1.807, 2.05) is 30.3 Å². The van der Waals surface area contributed by atoms with E-state index in [1.54, 1.807) is 4.90 Å². The van der Waals surface area contributed by atoms with Gasteiger partial charge in [0.1, 0.15) is 12.4 Å². The summed E-state index contributed by atoms with van der Waals surface area (Å²) in [6, 6.07) is 9.20. The minimum Gasteiger partial charge on any atom is -0.445 e. The standard InChI is InChI=1S/C15H19NO4/c17-9-7-13-10-14(18)6-8-16(13)15(19)20-11-12-4-2-1-3-5-12/h1-5,13,17H,6-11H2. The van der Waals surface area contributed by atoms with Crippen molar-refractivity contribution in [1.82, 2.24) is 4.90 Å². The van der Waals surface area contributed by atoms with Gasteiger partial charge >= 0.3 is 6.09 Å². The van der Waals surface area contributed by atoms with Gasteiger partial charge in [0.2, 0.25) is 0 Å². The number of amides is 1. The molecule has 1 aromatic rings. The Bertz CT molecular complexity index is 460. The number of aliphatic hydroxyl groups excluding tert-OH is 1. The molecule has 5 nitrogen and oxygen atoms in total. The number of carbonyl (C=O) groups is 2. The highest BCUT2D eigenvalue weighted by Gasteiger charge is 2.31. The van der Waals surface area contributed by atoms with Crippen LogP contribution in [0.1, 0.15) is 24.8 Å². The molecular weight excluding hydrogens is 258 g/mol. The molecule has 1 aliphatic rings. The summed E-state index contributed by atoms with van der Waals surface area (Å²) in [5.74, 6) is 0.135. The van der Waals surface area contributed by atoms with Crippen molar-refractivity contribution in [2.75, 3.05) is 13.2 Å². The molecule has 1 aromatic carbocycles. The van der Waals surface area contributed by atoms with Crippen LogP contribution in [-0.2, 0) is 16.1 Å². The third kappa shape index (κ3) is 3.81. The number of piperidine rings is 1. The molecule has 1 atom stereocenters. The lowest BCUT2D eigenvalue weighted by Crippen LogP contribution is -2.47. The first-order valence-electron chi connectivity index (χ1n) is 6.80. The fourth-order valence-electron chi connectivity index (χ4n) is 2.35. The highest BCUT2D eigenvalue weighted by atomic mass is 16.6. The predicted molar refractivity (Wildman–Crippen MR) is 73.1 cm³/mol. The molecule has 1 unspecified atom stereocenters. The summed E-state index contributed by atoms with van der Waals surface area (Å²) in [5.41, 5.74) is 0.924. The van der Waals surface area contributed by atoms with Gasteiger partial charge in [0, 0.05) is 32.0 Å². The number of hydrogen-bond acceptors (Lipinski definition) is 4. The molecule has 0 aromatic heterocycles. The van der Waals surface area contributed by atoms with Crippen LogP contribution in [0.3, 0.4) is 0 Å². The van der Waals surface area contributed by atoms with Gasteiger partial charge in [-0.2, -0.15) is 0 Å². The second kappa shape index (κ2) is 7.05. The van der Waals surface area contributed by atoms with Crippen LogP contribution < -0.4 is 0 Å². The third-order valence-electron chi connectivity index (χ3n) is 3.44. The van der Waals surface area contributed by atoms with Crippen molar-refractivity contribution in [3.63, 3.8) is 0 Å². The topological polar surface area (TPSA) is 66.8 Å². The average molecular weight is 277 g/mol. The molecule has 2 rings (SSSR count). The second-order valence-corrected chi connectivity index (χ2v) is 4.89. The van der Waals surface area contributed by atoms with Crippen LogP contribution in [0, 0.1) is 0 Å². The largest absolute Gasteiger partial charge is 0.445 e. The van der Waals surface area contributed by atoms with E-state index in [9.17, 15) is 9.59 Å². The van der Waals surface area contributed by atoms with Gasteiger partial charge in [0.05, 0.1) is 0 Å². The highest BCUT2D eigenvalue weighted by Crippen LogP contribution is 2.18. The molecule has 20 heavy (non-hydrogen) atoms. The van der Waals surface area contributed by atoms with Crippen molar-refractivity contribution < 1.29 is 19.4 Å². The fraction of sp³-hybridized carbons (Fsp3) is 0.467. The van der Waals surface area contributed by atoms with Crippen molar-refractivity contribution in [2.45, 2.75) is 31.9 Å². The molecule has 5 heteroatoms. The van der Waals surface area contributed by atoms with Crippen molar-refractivity contribution in [2.24, 2.45) is 0 Å². The van der Waals surface area contributed by atoms with Gasteiger partial charge in [-0.25, -0.2) is 4.79 Å². The predicted octanol–water partition coefficient (Wildman–Crippen LogP) is 1.74. The Morgan fingerprint density at radius 1 is 1.35 bits per heavy atom. The molecule has 0 bridgehead atoms. The van der Waals surface area contributed by atoms with E-state index in [2.05, 4.69) is 0 Å². The number of ether oxygens (including phenoxy) is 1. The van der Waals surface area contributed by atoms with E-state index < -0.39 is 6.09 Å². The highest BCUT2D eigenvalue weighted by molar-refractivity contribution is 5.82. The summed E-state index contributed by atoms with van der Waals surface area (Å²) in [6.45, 7) is 0.549. The lowest BCUT2D eigenvalue weighted by molar-refractivity contribution is -0.122. The van der Waals surface area contributed by atoms with Crippen LogP contribution in [0.15, 0.2) is 30.3 Å². The molecule has 1 amide bonds. The molecular formula is C15H19NO4. The number of aliphatic hydroxyl groups is 1. The van der Waals surface area contributed by atoms with Gasteiger partial charge in [-0.05, 0) is 12.0 Å². The summed E-state index contributed by atoms with van der Waals surface area (Å²) in [6.07, 6.45) is 0.662. The van der Waals surface area contributed by atoms with E-state index >= 15 is 0 Å². The number of ketones is 1. The maximum Gasteiger partial charge on any atom is 0.410 e. The zero-order chi connectivity index (χ0) is 14.4. The molecule has 1 heterocycles. The Hall–Kier alpha value is -1.88.